The third-order valence-electron chi connectivity index (χ3n) is 4.58. The standard InChI is InChI=1S/C24H16O2S4/c25-19-11-17-18-12-20(26)24(28-16-9-5-2-6-10-16)14-22(18)30-29-21(17)13-23(19)27-15-7-3-1-4-8-15/h1-14,25-26H. The molecule has 2 N–H and O–H groups in total. The second kappa shape index (κ2) is 8.55. The third kappa shape index (κ3) is 4.05. The first-order valence-electron chi connectivity index (χ1n) is 9.22. The van der Waals surface area contributed by atoms with Gasteiger partial charge in [-0.25, -0.2) is 0 Å². The number of hydrogen-bond donors (Lipinski definition) is 2. The summed E-state index contributed by atoms with van der Waals surface area (Å²) in [6.07, 6.45) is 0. The van der Waals surface area contributed by atoms with Crippen LogP contribution in [-0.4, -0.2) is 10.2 Å². The number of fused-ring (bicyclic) bond motifs is 3. The Bertz CT molecular complexity index is 1110. The molecule has 0 radical (unpaired) electrons. The summed E-state index contributed by atoms with van der Waals surface area (Å²) in [5, 5.41) is 21.3. The zero-order valence-corrected chi connectivity index (χ0v) is 18.9. The summed E-state index contributed by atoms with van der Waals surface area (Å²) < 4.78 is 0. The summed E-state index contributed by atoms with van der Waals surface area (Å²) in [6, 6.07) is 27.8. The van der Waals surface area contributed by atoms with Gasteiger partial charge < -0.3 is 10.2 Å². The van der Waals surface area contributed by atoms with E-state index in [1.807, 2.05) is 84.9 Å². The Morgan fingerprint density at radius 2 is 0.933 bits per heavy atom. The Morgan fingerprint density at radius 1 is 0.533 bits per heavy atom. The van der Waals surface area contributed by atoms with Crippen LogP contribution in [0.3, 0.4) is 0 Å². The second-order valence-electron chi connectivity index (χ2n) is 6.63. The van der Waals surface area contributed by atoms with Crippen LogP contribution >= 0.6 is 45.1 Å². The molecule has 0 bridgehead atoms. The van der Waals surface area contributed by atoms with Gasteiger partial charge in [-0.05, 0) is 48.5 Å². The minimum atomic E-state index is 0.253. The fourth-order valence-electron chi connectivity index (χ4n) is 3.14. The third-order valence-corrected chi connectivity index (χ3v) is 9.13. The van der Waals surface area contributed by atoms with E-state index in [4.69, 9.17) is 0 Å². The summed E-state index contributed by atoms with van der Waals surface area (Å²) >= 11 is 3.10. The summed E-state index contributed by atoms with van der Waals surface area (Å²) in [5.74, 6) is 0.506. The maximum atomic E-state index is 10.7. The predicted octanol–water partition coefficient (Wildman–Crippen LogP) is 8.18. The molecule has 0 aromatic heterocycles. The number of benzene rings is 4. The van der Waals surface area contributed by atoms with Gasteiger partial charge >= 0.3 is 0 Å². The van der Waals surface area contributed by atoms with Crippen LogP contribution in [0.5, 0.6) is 11.5 Å². The average molecular weight is 465 g/mol. The first kappa shape index (κ1) is 19.8. The van der Waals surface area contributed by atoms with E-state index in [9.17, 15) is 10.2 Å². The van der Waals surface area contributed by atoms with Gasteiger partial charge in [0.05, 0.1) is 9.79 Å². The van der Waals surface area contributed by atoms with Gasteiger partial charge in [-0.2, -0.15) is 0 Å². The molecule has 0 saturated carbocycles. The zero-order valence-electron chi connectivity index (χ0n) is 15.6. The lowest BCUT2D eigenvalue weighted by Gasteiger charge is -2.21. The molecule has 4 aromatic rings. The van der Waals surface area contributed by atoms with Gasteiger partial charge in [-0.3, -0.25) is 0 Å². The molecule has 0 aliphatic carbocycles. The minimum absolute atomic E-state index is 0.253. The monoisotopic (exact) mass is 464 g/mol. The molecular formula is C24H16O2S4. The van der Waals surface area contributed by atoms with Crippen molar-refractivity contribution in [1.82, 2.24) is 0 Å². The van der Waals surface area contributed by atoms with E-state index in [0.29, 0.717) is 0 Å². The molecule has 0 atom stereocenters. The lowest BCUT2D eigenvalue weighted by molar-refractivity contribution is 0.460. The zero-order chi connectivity index (χ0) is 20.5. The first-order valence-corrected chi connectivity index (χ1v) is 13.0. The van der Waals surface area contributed by atoms with Gasteiger partial charge in [0.1, 0.15) is 11.5 Å². The van der Waals surface area contributed by atoms with Crippen LogP contribution in [0.15, 0.2) is 114 Å². The van der Waals surface area contributed by atoms with Crippen LogP contribution in [0.1, 0.15) is 0 Å². The molecule has 30 heavy (non-hydrogen) atoms. The van der Waals surface area contributed by atoms with Crippen molar-refractivity contribution in [3.63, 3.8) is 0 Å². The van der Waals surface area contributed by atoms with Crippen LogP contribution in [-0.2, 0) is 0 Å². The lowest BCUT2D eigenvalue weighted by Crippen LogP contribution is -1.92. The van der Waals surface area contributed by atoms with Gasteiger partial charge in [0.25, 0.3) is 0 Å². The molecule has 1 heterocycles. The van der Waals surface area contributed by atoms with Gasteiger partial charge in [0, 0.05) is 30.7 Å². The van der Waals surface area contributed by atoms with Crippen molar-refractivity contribution in [1.29, 1.82) is 0 Å². The topological polar surface area (TPSA) is 40.5 Å². The molecule has 0 amide bonds. The van der Waals surface area contributed by atoms with E-state index in [2.05, 4.69) is 0 Å². The summed E-state index contributed by atoms with van der Waals surface area (Å²) in [4.78, 5) is 6.01. The van der Waals surface area contributed by atoms with Crippen molar-refractivity contribution < 1.29 is 10.2 Å². The Balaban J connectivity index is 1.49. The number of rotatable bonds is 4. The lowest BCUT2D eigenvalue weighted by atomic mass is 10.0. The Kier molecular flexibility index (Phi) is 5.65. The number of aromatic hydroxyl groups is 2. The van der Waals surface area contributed by atoms with Crippen molar-refractivity contribution in [3.8, 4) is 22.6 Å². The molecule has 6 heteroatoms. The Labute approximate surface area is 191 Å². The molecule has 1 aliphatic heterocycles. The van der Waals surface area contributed by atoms with Gasteiger partial charge in [-0.1, -0.05) is 81.5 Å². The van der Waals surface area contributed by atoms with Crippen LogP contribution < -0.4 is 0 Å². The number of phenols is 2. The van der Waals surface area contributed by atoms with E-state index in [0.717, 1.165) is 40.5 Å². The smallest absolute Gasteiger partial charge is 0.130 e. The maximum Gasteiger partial charge on any atom is 0.130 e. The molecule has 148 valence electrons. The maximum absolute atomic E-state index is 10.7. The van der Waals surface area contributed by atoms with E-state index < -0.39 is 0 Å². The molecule has 0 spiro atoms. The van der Waals surface area contributed by atoms with Crippen molar-refractivity contribution in [2.24, 2.45) is 0 Å². The fourth-order valence-corrected chi connectivity index (χ4v) is 7.46. The van der Waals surface area contributed by atoms with E-state index >= 15 is 0 Å². The normalized spacial score (nSPS) is 12.3. The number of phenolic OH excluding ortho intramolecular Hbond substituents is 2. The Morgan fingerprint density at radius 3 is 1.33 bits per heavy atom. The molecule has 5 rings (SSSR count). The van der Waals surface area contributed by atoms with Crippen LogP contribution in [0.4, 0.5) is 0 Å². The van der Waals surface area contributed by atoms with Crippen LogP contribution in [0, 0.1) is 0 Å². The van der Waals surface area contributed by atoms with Gasteiger partial charge in [0.2, 0.25) is 0 Å². The quantitative estimate of drug-likeness (QED) is 0.297. The highest BCUT2D eigenvalue weighted by atomic mass is 33.1. The molecule has 0 saturated heterocycles. The van der Waals surface area contributed by atoms with E-state index in [-0.39, 0.29) is 11.5 Å². The predicted molar refractivity (Wildman–Crippen MR) is 128 cm³/mol. The van der Waals surface area contributed by atoms with Crippen molar-refractivity contribution in [2.75, 3.05) is 0 Å². The van der Waals surface area contributed by atoms with E-state index in [1.54, 1.807) is 45.1 Å². The minimum Gasteiger partial charge on any atom is -0.507 e. The largest absolute Gasteiger partial charge is 0.507 e. The van der Waals surface area contributed by atoms with Crippen LogP contribution in [0.25, 0.3) is 11.1 Å². The summed E-state index contributed by atoms with van der Waals surface area (Å²) in [7, 11) is 3.37. The molecule has 1 aliphatic rings. The summed E-state index contributed by atoms with van der Waals surface area (Å²) in [6.45, 7) is 0. The highest BCUT2D eigenvalue weighted by Crippen LogP contribution is 2.55. The average Bonchev–Trinajstić information content (AvgIpc) is 2.77. The molecular weight excluding hydrogens is 449 g/mol. The van der Waals surface area contributed by atoms with Crippen molar-refractivity contribution in [2.45, 2.75) is 29.4 Å². The first-order chi connectivity index (χ1) is 14.7. The molecule has 4 aromatic carbocycles. The van der Waals surface area contributed by atoms with Gasteiger partial charge in [0.15, 0.2) is 0 Å². The second-order valence-corrected chi connectivity index (χ2v) is 11.1. The SMILES string of the molecule is Oc1cc2c(cc1Sc1ccccc1)SSc1cc(Sc3ccccc3)c(O)cc1-2. The van der Waals surface area contributed by atoms with E-state index in [1.165, 1.54) is 0 Å². The van der Waals surface area contributed by atoms with Crippen molar-refractivity contribution in [3.05, 3.63) is 84.9 Å². The Hall–Kier alpha value is -2.12. The van der Waals surface area contributed by atoms with Crippen LogP contribution in [0.2, 0.25) is 0 Å². The van der Waals surface area contributed by atoms with Crippen molar-refractivity contribution >= 4 is 45.1 Å². The molecule has 2 nitrogen and oxygen atoms in total. The number of hydrogen-bond acceptors (Lipinski definition) is 6. The highest BCUT2D eigenvalue weighted by molar-refractivity contribution is 8.76. The highest BCUT2D eigenvalue weighted by Gasteiger charge is 2.22. The van der Waals surface area contributed by atoms with Gasteiger partial charge in [-0.15, -0.1) is 0 Å². The molecule has 0 fully saturated rings. The molecule has 0 unspecified atom stereocenters. The fraction of sp³-hybridized carbons (Fsp3) is 0. The summed E-state index contributed by atoms with van der Waals surface area (Å²) in [5.41, 5.74) is 1.91.